The van der Waals surface area contributed by atoms with Crippen molar-refractivity contribution < 1.29 is 0 Å². The Labute approximate surface area is 275 Å². The molecule has 0 aromatic heterocycles. The molecule has 1 aliphatic rings. The van der Waals surface area contributed by atoms with E-state index in [2.05, 4.69) is 181 Å². The van der Waals surface area contributed by atoms with Crippen molar-refractivity contribution in [2.24, 2.45) is 0 Å². The molecule has 0 spiro atoms. The molecule has 47 heavy (non-hydrogen) atoms. The second-order valence-corrected chi connectivity index (χ2v) is 12.5. The average Bonchev–Trinajstić information content (AvgIpc) is 3.53. The van der Waals surface area contributed by atoms with E-state index in [-0.39, 0.29) is 6.17 Å². The predicted molar refractivity (Wildman–Crippen MR) is 202 cm³/mol. The predicted octanol–water partition coefficient (Wildman–Crippen LogP) is 12.4. The van der Waals surface area contributed by atoms with E-state index in [9.17, 15) is 0 Å². The molecular formula is C45H34N2. The van der Waals surface area contributed by atoms with E-state index in [1.807, 2.05) is 0 Å². The van der Waals surface area contributed by atoms with E-state index in [0.29, 0.717) is 0 Å². The number of hydrogen-bond acceptors (Lipinski definition) is 2. The Balaban J connectivity index is 1.16. The second-order valence-electron chi connectivity index (χ2n) is 12.5. The third kappa shape index (κ3) is 4.56. The summed E-state index contributed by atoms with van der Waals surface area (Å²) in [7, 11) is 0. The third-order valence-electron chi connectivity index (χ3n) is 9.81. The summed E-state index contributed by atoms with van der Waals surface area (Å²) in [5.41, 5.74) is 11.1. The van der Waals surface area contributed by atoms with E-state index in [1.165, 1.54) is 82.8 Å². The minimum atomic E-state index is 0.242. The van der Waals surface area contributed by atoms with Gasteiger partial charge in [0.25, 0.3) is 0 Å². The van der Waals surface area contributed by atoms with Gasteiger partial charge in [-0.05, 0) is 102 Å². The van der Waals surface area contributed by atoms with Crippen LogP contribution < -0.4 is 10.2 Å². The van der Waals surface area contributed by atoms with Gasteiger partial charge < -0.3 is 10.2 Å². The van der Waals surface area contributed by atoms with Crippen LogP contribution in [-0.4, -0.2) is 6.17 Å². The van der Waals surface area contributed by atoms with Crippen LogP contribution in [0.5, 0.6) is 0 Å². The van der Waals surface area contributed by atoms with Crippen LogP contribution in [0.2, 0.25) is 0 Å². The summed E-state index contributed by atoms with van der Waals surface area (Å²) in [5.74, 6) is 0. The third-order valence-corrected chi connectivity index (χ3v) is 9.81. The molecule has 9 rings (SSSR count). The molecule has 0 saturated heterocycles. The Morgan fingerprint density at radius 2 is 0.957 bits per heavy atom. The van der Waals surface area contributed by atoms with Gasteiger partial charge in [0, 0.05) is 5.69 Å². The van der Waals surface area contributed by atoms with Gasteiger partial charge in [-0.2, -0.15) is 0 Å². The zero-order chi connectivity index (χ0) is 31.3. The lowest BCUT2D eigenvalue weighted by Crippen LogP contribution is -2.30. The smallest absolute Gasteiger partial charge is 0.104 e. The lowest BCUT2D eigenvalue weighted by molar-refractivity contribution is 0.728. The first-order valence-corrected chi connectivity index (χ1v) is 16.5. The molecule has 0 bridgehead atoms. The first kappa shape index (κ1) is 27.5. The zero-order valence-electron chi connectivity index (χ0n) is 26.3. The molecule has 1 heterocycles. The molecule has 1 aliphatic heterocycles. The molecule has 0 saturated carbocycles. The molecule has 1 unspecified atom stereocenters. The number of rotatable bonds is 5. The first-order chi connectivity index (χ1) is 23.3. The van der Waals surface area contributed by atoms with Gasteiger partial charge in [0.05, 0.1) is 11.4 Å². The minimum Gasteiger partial charge on any atom is -0.363 e. The highest BCUT2D eigenvalue weighted by atomic mass is 15.3. The fourth-order valence-corrected chi connectivity index (χ4v) is 7.56. The van der Waals surface area contributed by atoms with Crippen molar-refractivity contribution in [1.29, 1.82) is 0 Å². The van der Waals surface area contributed by atoms with Crippen LogP contribution in [0.4, 0.5) is 17.1 Å². The zero-order valence-corrected chi connectivity index (χ0v) is 26.3. The van der Waals surface area contributed by atoms with E-state index < -0.39 is 0 Å². The number of benzene rings is 8. The molecule has 0 aliphatic carbocycles. The summed E-state index contributed by atoms with van der Waals surface area (Å²) < 4.78 is 0. The van der Waals surface area contributed by atoms with Crippen LogP contribution in [0.3, 0.4) is 0 Å². The van der Waals surface area contributed by atoms with Gasteiger partial charge in [0.2, 0.25) is 0 Å². The van der Waals surface area contributed by atoms with Gasteiger partial charge in [0.15, 0.2) is 0 Å². The van der Waals surface area contributed by atoms with Crippen LogP contribution in [0.1, 0.15) is 13.3 Å². The van der Waals surface area contributed by atoms with Crippen LogP contribution >= 0.6 is 0 Å². The van der Waals surface area contributed by atoms with Crippen molar-refractivity contribution in [2.75, 3.05) is 10.2 Å². The Morgan fingerprint density at radius 1 is 0.468 bits per heavy atom. The SMILES string of the molecule is CCC1Nc2ccccc2N1c1ccc(-c2c3ccccc3c(-c3ccc(-c4ccc5ccccc5c4)cc3)c3ccccc23)cc1. The van der Waals surface area contributed by atoms with E-state index in [1.54, 1.807) is 0 Å². The Bertz CT molecular complexity index is 2370. The summed E-state index contributed by atoms with van der Waals surface area (Å²) >= 11 is 0. The van der Waals surface area contributed by atoms with Gasteiger partial charge in [-0.15, -0.1) is 0 Å². The number of hydrogen-bond donors (Lipinski definition) is 1. The lowest BCUT2D eigenvalue weighted by Gasteiger charge is -2.26. The summed E-state index contributed by atoms with van der Waals surface area (Å²) in [6.07, 6.45) is 1.25. The van der Waals surface area contributed by atoms with Gasteiger partial charge in [-0.3, -0.25) is 0 Å². The highest BCUT2D eigenvalue weighted by molar-refractivity contribution is 6.21. The summed E-state index contributed by atoms with van der Waals surface area (Å²) in [4.78, 5) is 2.43. The van der Waals surface area contributed by atoms with E-state index in [4.69, 9.17) is 0 Å². The topological polar surface area (TPSA) is 15.3 Å². The van der Waals surface area contributed by atoms with Crippen molar-refractivity contribution in [2.45, 2.75) is 19.5 Å². The summed E-state index contributed by atoms with van der Waals surface area (Å²) in [6, 6.07) is 60.0. The number of anilines is 3. The van der Waals surface area contributed by atoms with Crippen LogP contribution in [-0.2, 0) is 0 Å². The standard InChI is InChI=1S/C45H34N2/c1-2-43-46-41-17-9-10-18-42(41)47(43)36-27-25-33(26-28-36)45-39-15-7-5-13-37(39)44(38-14-6-8-16-40(38)45)32-22-19-31(20-23-32)35-24-21-30-11-3-4-12-34(30)29-35/h3-29,43,46H,2H2,1H3. The molecule has 1 atom stereocenters. The Hall–Kier alpha value is -5.86. The molecular weight excluding hydrogens is 569 g/mol. The van der Waals surface area contributed by atoms with E-state index >= 15 is 0 Å². The second kappa shape index (κ2) is 11.2. The number of fused-ring (bicyclic) bond motifs is 4. The summed E-state index contributed by atoms with van der Waals surface area (Å²) in [6.45, 7) is 2.24. The Morgan fingerprint density at radius 3 is 1.57 bits per heavy atom. The Kier molecular flexibility index (Phi) is 6.53. The minimum absolute atomic E-state index is 0.242. The maximum Gasteiger partial charge on any atom is 0.104 e. The normalized spacial score (nSPS) is 14.1. The van der Waals surface area contributed by atoms with Gasteiger partial charge in [-0.1, -0.05) is 140 Å². The maximum atomic E-state index is 3.69. The first-order valence-electron chi connectivity index (χ1n) is 16.5. The molecule has 0 radical (unpaired) electrons. The number of nitrogens with zero attached hydrogens (tertiary/aromatic N) is 1. The molecule has 8 aromatic rings. The molecule has 1 N–H and O–H groups in total. The van der Waals surface area contributed by atoms with Crippen molar-refractivity contribution in [1.82, 2.24) is 0 Å². The van der Waals surface area contributed by atoms with Crippen LogP contribution in [0.25, 0.3) is 65.7 Å². The lowest BCUT2D eigenvalue weighted by atomic mass is 9.85. The quantitative estimate of drug-likeness (QED) is 0.197. The molecule has 2 heteroatoms. The largest absolute Gasteiger partial charge is 0.363 e. The average molecular weight is 603 g/mol. The highest BCUT2D eigenvalue weighted by Crippen LogP contribution is 2.45. The fraction of sp³-hybridized carbons (Fsp3) is 0.0667. The summed E-state index contributed by atoms with van der Waals surface area (Å²) in [5, 5.41) is 11.3. The maximum absolute atomic E-state index is 3.69. The van der Waals surface area contributed by atoms with Crippen molar-refractivity contribution in [3.8, 4) is 33.4 Å². The molecule has 2 nitrogen and oxygen atoms in total. The van der Waals surface area contributed by atoms with Crippen LogP contribution in [0, 0.1) is 0 Å². The van der Waals surface area contributed by atoms with Gasteiger partial charge >= 0.3 is 0 Å². The van der Waals surface area contributed by atoms with Crippen molar-refractivity contribution >= 4 is 49.4 Å². The number of nitrogens with one attached hydrogen (secondary N) is 1. The molecule has 0 fully saturated rings. The van der Waals surface area contributed by atoms with Crippen molar-refractivity contribution in [3.63, 3.8) is 0 Å². The molecule has 224 valence electrons. The fourth-order valence-electron chi connectivity index (χ4n) is 7.56. The number of para-hydroxylation sites is 2. The molecule has 8 aromatic carbocycles. The highest BCUT2D eigenvalue weighted by Gasteiger charge is 2.28. The van der Waals surface area contributed by atoms with Crippen LogP contribution in [0.15, 0.2) is 164 Å². The van der Waals surface area contributed by atoms with Gasteiger partial charge in [-0.25, -0.2) is 0 Å². The van der Waals surface area contributed by atoms with Crippen molar-refractivity contribution in [3.05, 3.63) is 164 Å². The monoisotopic (exact) mass is 602 g/mol. The van der Waals surface area contributed by atoms with Gasteiger partial charge in [0.1, 0.15) is 6.17 Å². The molecule has 0 amide bonds. The van der Waals surface area contributed by atoms with E-state index in [0.717, 1.165) is 6.42 Å².